The van der Waals surface area contributed by atoms with E-state index in [1.807, 2.05) is 0 Å². The quantitative estimate of drug-likeness (QED) is 0.160. The maximum atomic E-state index is 13.4. The summed E-state index contributed by atoms with van der Waals surface area (Å²) in [6.45, 7) is 14.2. The molecule has 0 atom stereocenters. The SMILES string of the molecule is [C-]#[N+]c1cc(CN=C(NC(=O)OC(C)(C)C)NC(=O)c2c(-c3ccc(OC)cc3)nsc2C)cc(Cl)c1N. The second-order valence-electron chi connectivity index (χ2n) is 9.06. The Bertz CT molecular complexity index is 1420. The third-order valence-electron chi connectivity index (χ3n) is 5.01. The molecule has 0 aliphatic heterocycles. The van der Waals surface area contributed by atoms with Crippen LogP contribution in [0.3, 0.4) is 0 Å². The summed E-state index contributed by atoms with van der Waals surface area (Å²) >= 11 is 7.33. The molecule has 198 valence electrons. The Balaban J connectivity index is 1.92. The van der Waals surface area contributed by atoms with Crippen LogP contribution in [0.1, 0.15) is 41.6 Å². The first-order chi connectivity index (χ1) is 17.9. The first-order valence-corrected chi connectivity index (χ1v) is 12.5. The molecule has 0 unspecified atom stereocenters. The van der Waals surface area contributed by atoms with Crippen molar-refractivity contribution in [1.29, 1.82) is 0 Å². The van der Waals surface area contributed by atoms with Crippen LogP contribution in [0, 0.1) is 13.5 Å². The summed E-state index contributed by atoms with van der Waals surface area (Å²) < 4.78 is 15.0. The fourth-order valence-electron chi connectivity index (χ4n) is 3.28. The van der Waals surface area contributed by atoms with E-state index in [2.05, 4.69) is 24.8 Å². The van der Waals surface area contributed by atoms with Crippen LogP contribution in [-0.4, -0.2) is 35.0 Å². The van der Waals surface area contributed by atoms with Crippen LogP contribution in [0.5, 0.6) is 5.75 Å². The van der Waals surface area contributed by atoms with Crippen LogP contribution in [0.2, 0.25) is 5.02 Å². The lowest BCUT2D eigenvalue weighted by molar-refractivity contribution is 0.0561. The number of amides is 2. The number of methoxy groups -OCH3 is 1. The highest BCUT2D eigenvalue weighted by Crippen LogP contribution is 2.32. The second kappa shape index (κ2) is 11.9. The standard InChI is InChI=1S/C26H27ClN6O4S/c1-14-20(22(33-38-14)16-7-9-17(36-6)10-8-16)23(34)31-24(32-25(35)37-26(2,3)4)30-13-15-11-18(27)21(28)19(12-15)29-5/h7-12H,13,28H2,1-4,6H3,(H2,30,31,32,34,35). The zero-order valence-electron chi connectivity index (χ0n) is 21.5. The Morgan fingerprint density at radius 3 is 2.50 bits per heavy atom. The van der Waals surface area contributed by atoms with E-state index < -0.39 is 17.6 Å². The number of benzene rings is 2. The summed E-state index contributed by atoms with van der Waals surface area (Å²) in [5.41, 5.74) is 7.50. The molecule has 2 amide bonds. The highest BCUT2D eigenvalue weighted by atomic mass is 35.5. The lowest BCUT2D eigenvalue weighted by Crippen LogP contribution is -2.46. The predicted octanol–water partition coefficient (Wildman–Crippen LogP) is 5.72. The molecular formula is C26H27ClN6O4S. The van der Waals surface area contributed by atoms with E-state index >= 15 is 0 Å². The largest absolute Gasteiger partial charge is 0.497 e. The number of hydrogen-bond donors (Lipinski definition) is 3. The van der Waals surface area contributed by atoms with E-state index in [-0.39, 0.29) is 28.9 Å². The van der Waals surface area contributed by atoms with Crippen molar-refractivity contribution in [3.8, 4) is 17.0 Å². The average molecular weight is 555 g/mol. The molecule has 12 heteroatoms. The normalized spacial score (nSPS) is 11.4. The van der Waals surface area contributed by atoms with Crippen molar-refractivity contribution in [2.45, 2.75) is 39.8 Å². The number of guanidine groups is 1. The number of rotatable bonds is 5. The Morgan fingerprint density at radius 2 is 1.89 bits per heavy atom. The van der Waals surface area contributed by atoms with Crippen LogP contribution < -0.4 is 21.1 Å². The van der Waals surface area contributed by atoms with Gasteiger partial charge < -0.3 is 15.2 Å². The third-order valence-corrected chi connectivity index (χ3v) is 6.08. The zero-order chi connectivity index (χ0) is 28.0. The summed E-state index contributed by atoms with van der Waals surface area (Å²) in [6, 6.07) is 10.3. The monoisotopic (exact) mass is 554 g/mol. The first kappa shape index (κ1) is 28.4. The number of nitrogens with two attached hydrogens (primary N) is 1. The van der Waals surface area contributed by atoms with Gasteiger partial charge in [0.25, 0.3) is 5.91 Å². The summed E-state index contributed by atoms with van der Waals surface area (Å²) in [4.78, 5) is 34.3. The van der Waals surface area contributed by atoms with Gasteiger partial charge in [0.2, 0.25) is 11.6 Å². The topological polar surface area (TPSA) is 132 Å². The van der Waals surface area contributed by atoms with E-state index in [1.54, 1.807) is 71.2 Å². The van der Waals surface area contributed by atoms with Gasteiger partial charge in [-0.2, -0.15) is 4.37 Å². The van der Waals surface area contributed by atoms with E-state index in [4.69, 9.17) is 33.4 Å². The highest BCUT2D eigenvalue weighted by molar-refractivity contribution is 7.06. The summed E-state index contributed by atoms with van der Waals surface area (Å²) in [7, 11) is 1.57. The van der Waals surface area contributed by atoms with E-state index in [0.717, 1.165) is 5.56 Å². The number of carbonyl (C=O) groups is 2. The molecule has 0 saturated carbocycles. The fraction of sp³-hybridized carbons (Fsp3) is 0.269. The van der Waals surface area contributed by atoms with Gasteiger partial charge in [0.1, 0.15) is 11.4 Å². The van der Waals surface area contributed by atoms with Gasteiger partial charge in [-0.25, -0.2) is 14.6 Å². The molecule has 0 radical (unpaired) electrons. The molecular weight excluding hydrogens is 528 g/mol. The van der Waals surface area contributed by atoms with Crippen molar-refractivity contribution < 1.29 is 19.1 Å². The number of aliphatic imine (C=N–C) groups is 1. The molecule has 10 nitrogen and oxygen atoms in total. The van der Waals surface area contributed by atoms with E-state index in [0.29, 0.717) is 27.4 Å². The van der Waals surface area contributed by atoms with Crippen LogP contribution in [0.4, 0.5) is 16.2 Å². The number of anilines is 1. The summed E-state index contributed by atoms with van der Waals surface area (Å²) in [6.07, 6.45) is -0.802. The third kappa shape index (κ3) is 7.21. The maximum absolute atomic E-state index is 13.4. The van der Waals surface area contributed by atoms with Gasteiger partial charge in [-0.05, 0) is 81.2 Å². The summed E-state index contributed by atoms with van der Waals surface area (Å²) in [5, 5.41) is 5.35. The summed E-state index contributed by atoms with van der Waals surface area (Å²) in [5.74, 6) is 0.00809. The molecule has 3 aromatic rings. The molecule has 0 spiro atoms. The molecule has 0 fully saturated rings. The minimum absolute atomic E-state index is 0.0138. The Labute approximate surface area is 229 Å². The van der Waals surface area contributed by atoms with Crippen molar-refractivity contribution in [2.75, 3.05) is 12.8 Å². The first-order valence-electron chi connectivity index (χ1n) is 11.3. The number of alkyl carbamates (subject to hydrolysis) is 1. The second-order valence-corrected chi connectivity index (χ2v) is 10.4. The van der Waals surface area contributed by atoms with Gasteiger partial charge in [0, 0.05) is 10.4 Å². The lowest BCUT2D eigenvalue weighted by Gasteiger charge is -2.20. The number of carbonyl (C=O) groups excluding carboxylic acids is 2. The Morgan fingerprint density at radius 1 is 1.21 bits per heavy atom. The number of nitrogen functional groups attached to an aromatic ring is 1. The lowest BCUT2D eigenvalue weighted by atomic mass is 10.1. The van der Waals surface area contributed by atoms with Crippen molar-refractivity contribution in [2.24, 2.45) is 4.99 Å². The number of halogens is 1. The molecule has 1 heterocycles. The molecule has 2 aromatic carbocycles. The van der Waals surface area contributed by atoms with Gasteiger partial charge in [-0.1, -0.05) is 11.6 Å². The van der Waals surface area contributed by atoms with Gasteiger partial charge in [0.15, 0.2) is 0 Å². The molecule has 0 bridgehead atoms. The number of nitrogens with one attached hydrogen (secondary N) is 2. The minimum Gasteiger partial charge on any atom is -0.497 e. The van der Waals surface area contributed by atoms with E-state index in [9.17, 15) is 9.59 Å². The van der Waals surface area contributed by atoms with Crippen LogP contribution >= 0.6 is 23.1 Å². The Kier molecular flexibility index (Phi) is 8.93. The van der Waals surface area contributed by atoms with Crippen molar-refractivity contribution in [3.05, 3.63) is 68.8 Å². The minimum atomic E-state index is -0.802. The van der Waals surface area contributed by atoms with Gasteiger partial charge in [-0.15, -0.1) is 0 Å². The smallest absolute Gasteiger partial charge is 0.414 e. The number of nitrogens with zero attached hydrogens (tertiary/aromatic N) is 3. The maximum Gasteiger partial charge on any atom is 0.414 e. The van der Waals surface area contributed by atoms with Crippen LogP contribution in [0.25, 0.3) is 16.1 Å². The number of hydrogen-bond acceptors (Lipinski definition) is 8. The number of ether oxygens (including phenoxy) is 2. The molecule has 1 aromatic heterocycles. The molecule has 3 rings (SSSR count). The highest BCUT2D eigenvalue weighted by Gasteiger charge is 2.23. The zero-order valence-corrected chi connectivity index (χ0v) is 23.1. The van der Waals surface area contributed by atoms with Gasteiger partial charge >= 0.3 is 6.09 Å². The predicted molar refractivity (Wildman–Crippen MR) is 149 cm³/mol. The number of aromatic nitrogens is 1. The van der Waals surface area contributed by atoms with Crippen molar-refractivity contribution >= 4 is 52.5 Å². The van der Waals surface area contributed by atoms with Crippen LogP contribution in [-0.2, 0) is 11.3 Å². The Hall–Kier alpha value is -4.14. The average Bonchev–Trinajstić information content (AvgIpc) is 3.24. The van der Waals surface area contributed by atoms with Crippen molar-refractivity contribution in [1.82, 2.24) is 15.0 Å². The van der Waals surface area contributed by atoms with Gasteiger partial charge in [-0.3, -0.25) is 15.4 Å². The van der Waals surface area contributed by atoms with E-state index in [1.165, 1.54) is 11.5 Å². The van der Waals surface area contributed by atoms with Gasteiger partial charge in [0.05, 0.1) is 42.2 Å². The molecule has 4 N–H and O–H groups in total. The fourth-order valence-corrected chi connectivity index (χ4v) is 4.22. The number of aryl methyl sites for hydroxylation is 1. The van der Waals surface area contributed by atoms with Crippen LogP contribution in [0.15, 0.2) is 41.4 Å². The van der Waals surface area contributed by atoms with Crippen molar-refractivity contribution in [3.63, 3.8) is 0 Å². The molecule has 0 aliphatic carbocycles. The molecule has 38 heavy (non-hydrogen) atoms. The molecule has 0 saturated heterocycles. The molecule has 0 aliphatic rings.